The molecular weight excluding hydrogens is 1280 g/mol. The van der Waals surface area contributed by atoms with Crippen molar-refractivity contribution in [1.29, 1.82) is 0 Å². The van der Waals surface area contributed by atoms with Gasteiger partial charge in [-0.1, -0.05) is 75.7 Å². The fourth-order valence-electron chi connectivity index (χ4n) is 10.2. The number of hydrogen-bond acceptors (Lipinski definition) is 17. The lowest BCUT2D eigenvalue weighted by Gasteiger charge is -2.34. The number of carboxylic acid groups (broad SMARTS) is 1. The van der Waals surface area contributed by atoms with Crippen LogP contribution in [0, 0.1) is 17.3 Å². The van der Waals surface area contributed by atoms with Crippen LogP contribution in [0.3, 0.4) is 0 Å². The number of carbonyl (C=O) groups is 11. The number of anilines is 1. The summed E-state index contributed by atoms with van der Waals surface area (Å²) in [4.78, 5) is 144. The van der Waals surface area contributed by atoms with Crippen molar-refractivity contribution in [3.8, 4) is 11.5 Å². The maximum absolute atomic E-state index is 13.7. The van der Waals surface area contributed by atoms with E-state index in [2.05, 4.69) is 42.1 Å². The lowest BCUT2D eigenvalue weighted by atomic mass is 9.91. The molecule has 530 valence electrons. The summed E-state index contributed by atoms with van der Waals surface area (Å²) in [5, 5.41) is 28.7. The molecule has 2 heterocycles. The smallest absolute Gasteiger partial charge is 0.410 e. The second-order valence-corrected chi connectivity index (χ2v) is 25.6. The first-order valence-electron chi connectivity index (χ1n) is 32.5. The summed E-state index contributed by atoms with van der Waals surface area (Å²) in [7, 11) is 1.48. The van der Waals surface area contributed by atoms with Gasteiger partial charge in [-0.25, -0.2) is 9.59 Å². The Balaban J connectivity index is 1.07. The van der Waals surface area contributed by atoms with Crippen molar-refractivity contribution in [3.05, 3.63) is 112 Å². The molecule has 0 spiro atoms. The maximum Gasteiger partial charge on any atom is 0.410 e. The second-order valence-electron chi connectivity index (χ2n) is 25.2. The van der Waals surface area contributed by atoms with Crippen molar-refractivity contribution in [2.75, 3.05) is 84.6 Å². The molecule has 28 heteroatoms. The van der Waals surface area contributed by atoms with Crippen molar-refractivity contribution in [2.45, 2.75) is 138 Å². The molecule has 1 saturated heterocycles. The number of aliphatic carboxylic acids is 1. The van der Waals surface area contributed by atoms with Gasteiger partial charge in [0, 0.05) is 102 Å². The summed E-state index contributed by atoms with van der Waals surface area (Å²) in [5.41, 5.74) is 2.31. The minimum Gasteiger partial charge on any atom is -0.495 e. The number of nitrogens with one attached hydrogen (secondary N) is 7. The number of ether oxygens (including phenoxy) is 5. The highest BCUT2D eigenvalue weighted by Gasteiger charge is 2.34. The predicted octanol–water partition coefficient (Wildman–Crippen LogP) is 5.13. The molecular formula is C69H95ClN10O17. The van der Waals surface area contributed by atoms with Gasteiger partial charge in [0.25, 0.3) is 11.8 Å². The number of carboxylic acids is 1. The molecule has 2 aliphatic rings. The molecule has 5 rings (SSSR count). The van der Waals surface area contributed by atoms with E-state index in [1.54, 1.807) is 75.1 Å². The zero-order valence-corrected chi connectivity index (χ0v) is 57.8. The van der Waals surface area contributed by atoms with Gasteiger partial charge in [-0.2, -0.15) is 0 Å². The van der Waals surface area contributed by atoms with Gasteiger partial charge in [-0.15, -0.1) is 0 Å². The number of imide groups is 1. The molecule has 0 aromatic heterocycles. The van der Waals surface area contributed by atoms with Gasteiger partial charge >= 0.3 is 12.1 Å². The monoisotopic (exact) mass is 1370 g/mol. The summed E-state index contributed by atoms with van der Waals surface area (Å²) in [6.07, 6.45) is 5.75. The minimum absolute atomic E-state index is 0.0156. The van der Waals surface area contributed by atoms with Crippen molar-refractivity contribution in [1.82, 2.24) is 46.6 Å². The minimum atomic E-state index is -1.19. The maximum atomic E-state index is 13.7. The van der Waals surface area contributed by atoms with E-state index in [0.717, 1.165) is 28.2 Å². The summed E-state index contributed by atoms with van der Waals surface area (Å²) < 4.78 is 29.1. The highest BCUT2D eigenvalue weighted by atomic mass is 35.5. The number of allylic oxidation sites excluding steroid dienone is 1. The van der Waals surface area contributed by atoms with Crippen LogP contribution in [-0.4, -0.2) is 189 Å². The fraction of sp³-hybridized carbons (Fsp3) is 0.522. The molecule has 0 radical (unpaired) electrons. The molecule has 10 amide bonds. The van der Waals surface area contributed by atoms with Crippen molar-refractivity contribution < 1.29 is 81.5 Å². The number of piperazine rings is 1. The molecule has 2 aliphatic heterocycles. The Morgan fingerprint density at radius 2 is 1.44 bits per heavy atom. The van der Waals surface area contributed by atoms with Gasteiger partial charge < -0.3 is 70.9 Å². The van der Waals surface area contributed by atoms with Crippen molar-refractivity contribution in [2.24, 2.45) is 17.3 Å². The van der Waals surface area contributed by atoms with Crippen LogP contribution in [0.25, 0.3) is 0 Å². The topological polar surface area (TPSA) is 348 Å². The molecule has 3 aromatic rings. The molecule has 1 fully saturated rings. The number of amides is 10. The van der Waals surface area contributed by atoms with Crippen LogP contribution in [0.2, 0.25) is 5.02 Å². The molecule has 3 aromatic carbocycles. The Hall–Kier alpha value is -8.92. The number of benzene rings is 3. The number of methoxy groups -OCH3 is 1. The van der Waals surface area contributed by atoms with Gasteiger partial charge in [0.05, 0.1) is 49.5 Å². The first-order valence-corrected chi connectivity index (χ1v) is 32.9. The van der Waals surface area contributed by atoms with Gasteiger partial charge in [-0.3, -0.25) is 53.0 Å². The third-order valence-corrected chi connectivity index (χ3v) is 16.1. The van der Waals surface area contributed by atoms with Gasteiger partial charge in [0.15, 0.2) is 0 Å². The molecule has 27 nitrogen and oxygen atoms in total. The fourth-order valence-corrected chi connectivity index (χ4v) is 10.5. The standard InChI is InChI=1S/C69H95ClN10O17/c1-43(2)35-55(66(89)90)77-67(91)69(8,9)42-73-64(87)54(37-49-17-22-56(93-10)53(70)36-49)76-59(83)14-12-11-13-45(5)97-46(6)50-18-15-48(16-19-50)40-78-28-30-79(31-29-78)68(92)96-41-51-20-21-52(75-60(84)39-72-65(88)63(44(3)4)74-47(7)81)38-57(51)95-34-33-94-32-26-71-58(82)25-27-80-61(85)23-24-62(80)86/h12,14-24,36,38,43-46,54-55,63H,11,13,25-35,37,39-42H2,1-10H3,(H,71,82)(H,72,88)(H,73,87)(H,74,81)(H,75,84)(H,76,83)(H,77,91)(H,89,90)/b14-12+/t45-,46-,54+,55-,63?/m0/s1. The third-order valence-electron chi connectivity index (χ3n) is 15.8. The average molecular weight is 1370 g/mol. The van der Waals surface area contributed by atoms with E-state index in [0.29, 0.717) is 73.2 Å². The molecule has 0 aliphatic carbocycles. The van der Waals surface area contributed by atoms with E-state index >= 15 is 0 Å². The van der Waals surface area contributed by atoms with Gasteiger partial charge in [0.1, 0.15) is 42.8 Å². The zero-order chi connectivity index (χ0) is 71.4. The lowest BCUT2D eigenvalue weighted by molar-refractivity contribution is -0.144. The van der Waals surface area contributed by atoms with Crippen LogP contribution >= 0.6 is 11.6 Å². The number of rotatable bonds is 39. The summed E-state index contributed by atoms with van der Waals surface area (Å²) in [6, 6.07) is 15.0. The first kappa shape index (κ1) is 78.8. The van der Waals surface area contributed by atoms with Crippen LogP contribution in [0.15, 0.2) is 85.0 Å². The molecule has 1 unspecified atom stereocenters. The van der Waals surface area contributed by atoms with E-state index in [-0.39, 0.29) is 113 Å². The van der Waals surface area contributed by atoms with E-state index in [1.165, 1.54) is 20.1 Å². The summed E-state index contributed by atoms with van der Waals surface area (Å²) in [6.45, 7) is 18.0. The van der Waals surface area contributed by atoms with E-state index in [4.69, 9.17) is 35.3 Å². The van der Waals surface area contributed by atoms with Gasteiger partial charge in [0.2, 0.25) is 41.4 Å². The molecule has 0 saturated carbocycles. The number of halogens is 1. The Morgan fingerprint density at radius 3 is 2.08 bits per heavy atom. The van der Waals surface area contributed by atoms with E-state index in [9.17, 15) is 57.8 Å². The van der Waals surface area contributed by atoms with Gasteiger partial charge in [-0.05, 0) is 106 Å². The molecule has 0 bridgehead atoms. The van der Waals surface area contributed by atoms with E-state index in [1.807, 2.05) is 52.0 Å². The van der Waals surface area contributed by atoms with Crippen LogP contribution in [0.1, 0.15) is 116 Å². The highest BCUT2D eigenvalue weighted by Crippen LogP contribution is 2.28. The molecule has 97 heavy (non-hydrogen) atoms. The SMILES string of the molecule is COc1ccc(C[C@@H](NC(=O)/C=C/CC[C@H](C)O[C@@H](C)c2ccc(CN3CCN(C(=O)OCc4ccc(NC(=O)CNC(=O)C(NC(C)=O)C(C)C)cc4OCCOCCNC(=O)CCN4C(=O)C=CC4=O)CC3)cc2)C(=O)NCC(C)(C)C(=O)N[C@@H](CC(C)C)C(=O)O)cc1Cl. The highest BCUT2D eigenvalue weighted by molar-refractivity contribution is 6.32. The lowest BCUT2D eigenvalue weighted by Crippen LogP contribution is -2.53. The summed E-state index contributed by atoms with van der Waals surface area (Å²) in [5.74, 6) is -5.02. The Labute approximate surface area is 571 Å². The van der Waals surface area contributed by atoms with Crippen molar-refractivity contribution >= 4 is 82.5 Å². The quantitative estimate of drug-likeness (QED) is 0.0208. The molecule has 8 N–H and O–H groups in total. The van der Waals surface area contributed by atoms with Crippen LogP contribution in [0.5, 0.6) is 11.5 Å². The summed E-state index contributed by atoms with van der Waals surface area (Å²) >= 11 is 6.39. The Bertz CT molecular complexity index is 3260. The first-order chi connectivity index (χ1) is 46.0. The predicted molar refractivity (Wildman–Crippen MR) is 361 cm³/mol. The zero-order valence-electron chi connectivity index (χ0n) is 57.1. The number of carbonyl (C=O) groups excluding carboxylic acids is 10. The molecule has 5 atom stereocenters. The van der Waals surface area contributed by atoms with Crippen LogP contribution < -0.4 is 46.7 Å². The van der Waals surface area contributed by atoms with Crippen LogP contribution in [0.4, 0.5) is 10.5 Å². The van der Waals surface area contributed by atoms with Crippen molar-refractivity contribution in [3.63, 3.8) is 0 Å². The Kier molecular flexibility index (Phi) is 31.9. The third kappa shape index (κ3) is 27.3. The normalized spacial score (nSPS) is 14.9. The van der Waals surface area contributed by atoms with E-state index < -0.39 is 77.0 Å². The van der Waals surface area contributed by atoms with Crippen LogP contribution in [-0.2, 0) is 81.7 Å². The average Bonchev–Trinajstić information content (AvgIpc) is 1.92. The Morgan fingerprint density at radius 1 is 0.753 bits per heavy atom. The number of nitrogens with zero attached hydrogens (tertiary/aromatic N) is 3. The number of hydrogen-bond donors (Lipinski definition) is 8. The largest absolute Gasteiger partial charge is 0.495 e. The second kappa shape index (κ2) is 39.3.